The lowest BCUT2D eigenvalue weighted by Gasteiger charge is -2.36. The van der Waals surface area contributed by atoms with Crippen LogP contribution in [0.4, 0.5) is 5.82 Å². The number of hydrogen-bond acceptors (Lipinski definition) is 6. The molecule has 0 radical (unpaired) electrons. The largest absolute Gasteiger partial charge is 0.459 e. The van der Waals surface area contributed by atoms with Gasteiger partial charge in [0.25, 0.3) is 5.91 Å². The number of aromatic nitrogens is 1. The third kappa shape index (κ3) is 6.32. The SMILES string of the molecule is CC1CN(c2ccc(CNC(=O)CCCNC(=O)c3ccco3)cn2)CC(C)O1. The molecule has 1 aliphatic rings. The van der Waals surface area contributed by atoms with Gasteiger partial charge in [-0.3, -0.25) is 9.59 Å². The van der Waals surface area contributed by atoms with E-state index in [4.69, 9.17) is 9.15 Å². The molecule has 2 amide bonds. The Morgan fingerprint density at radius 2 is 1.97 bits per heavy atom. The molecule has 0 bridgehead atoms. The number of amides is 2. The maximum atomic E-state index is 12.0. The van der Waals surface area contributed by atoms with Crippen molar-refractivity contribution in [3.63, 3.8) is 0 Å². The topological polar surface area (TPSA) is 96.7 Å². The van der Waals surface area contributed by atoms with Crippen LogP contribution in [-0.2, 0) is 16.1 Å². The maximum absolute atomic E-state index is 12.0. The number of anilines is 1. The predicted molar refractivity (Wildman–Crippen MR) is 109 cm³/mol. The van der Waals surface area contributed by atoms with Crippen LogP contribution in [0.15, 0.2) is 41.1 Å². The second-order valence-corrected chi connectivity index (χ2v) is 7.30. The number of ether oxygens (including phenoxy) is 1. The van der Waals surface area contributed by atoms with E-state index in [9.17, 15) is 9.59 Å². The zero-order chi connectivity index (χ0) is 20.6. The van der Waals surface area contributed by atoms with Crippen molar-refractivity contribution in [1.82, 2.24) is 15.6 Å². The summed E-state index contributed by atoms with van der Waals surface area (Å²) in [6.07, 6.45) is 4.51. The Kier molecular flexibility index (Phi) is 7.24. The lowest BCUT2D eigenvalue weighted by atomic mass is 10.2. The molecule has 29 heavy (non-hydrogen) atoms. The lowest BCUT2D eigenvalue weighted by molar-refractivity contribution is -0.121. The van der Waals surface area contributed by atoms with E-state index in [1.54, 1.807) is 18.3 Å². The highest BCUT2D eigenvalue weighted by atomic mass is 16.5. The van der Waals surface area contributed by atoms with Crippen LogP contribution in [0.25, 0.3) is 0 Å². The summed E-state index contributed by atoms with van der Waals surface area (Å²) in [6, 6.07) is 7.22. The lowest BCUT2D eigenvalue weighted by Crippen LogP contribution is -2.45. The quantitative estimate of drug-likeness (QED) is 0.659. The minimum atomic E-state index is -0.273. The summed E-state index contributed by atoms with van der Waals surface area (Å²) in [7, 11) is 0. The van der Waals surface area contributed by atoms with Gasteiger partial charge < -0.3 is 24.7 Å². The van der Waals surface area contributed by atoms with Gasteiger partial charge in [0.15, 0.2) is 5.76 Å². The molecule has 0 saturated carbocycles. The minimum Gasteiger partial charge on any atom is -0.459 e. The van der Waals surface area contributed by atoms with Crippen molar-refractivity contribution in [1.29, 1.82) is 0 Å². The van der Waals surface area contributed by atoms with E-state index in [2.05, 4.69) is 34.4 Å². The summed E-state index contributed by atoms with van der Waals surface area (Å²) >= 11 is 0. The van der Waals surface area contributed by atoms with Gasteiger partial charge in [-0.1, -0.05) is 6.07 Å². The highest BCUT2D eigenvalue weighted by Gasteiger charge is 2.22. The van der Waals surface area contributed by atoms with Crippen LogP contribution < -0.4 is 15.5 Å². The van der Waals surface area contributed by atoms with E-state index in [0.717, 1.165) is 24.5 Å². The van der Waals surface area contributed by atoms with Crippen LogP contribution in [0.2, 0.25) is 0 Å². The highest BCUT2D eigenvalue weighted by Crippen LogP contribution is 2.18. The molecular weight excluding hydrogens is 372 g/mol. The van der Waals surface area contributed by atoms with E-state index >= 15 is 0 Å². The van der Waals surface area contributed by atoms with Gasteiger partial charge in [0.05, 0.1) is 18.5 Å². The van der Waals surface area contributed by atoms with E-state index in [1.165, 1.54) is 6.26 Å². The highest BCUT2D eigenvalue weighted by molar-refractivity contribution is 5.91. The van der Waals surface area contributed by atoms with Crippen molar-refractivity contribution >= 4 is 17.6 Å². The summed E-state index contributed by atoms with van der Waals surface area (Å²) in [6.45, 7) is 6.62. The van der Waals surface area contributed by atoms with Crippen LogP contribution in [0.1, 0.15) is 42.8 Å². The molecule has 0 aromatic carbocycles. The number of nitrogens with one attached hydrogen (secondary N) is 2. The fourth-order valence-corrected chi connectivity index (χ4v) is 3.31. The maximum Gasteiger partial charge on any atom is 0.286 e. The minimum absolute atomic E-state index is 0.0582. The Hall–Kier alpha value is -2.87. The van der Waals surface area contributed by atoms with Crippen LogP contribution in [0.5, 0.6) is 0 Å². The van der Waals surface area contributed by atoms with Gasteiger partial charge in [-0.25, -0.2) is 4.98 Å². The summed E-state index contributed by atoms with van der Waals surface area (Å²) in [4.78, 5) is 30.5. The van der Waals surface area contributed by atoms with Crippen molar-refractivity contribution in [2.75, 3.05) is 24.5 Å². The molecule has 1 saturated heterocycles. The number of morpholine rings is 1. The van der Waals surface area contributed by atoms with Crippen LogP contribution in [0.3, 0.4) is 0 Å². The van der Waals surface area contributed by atoms with Gasteiger partial charge in [0.1, 0.15) is 5.82 Å². The second-order valence-electron chi connectivity index (χ2n) is 7.30. The van der Waals surface area contributed by atoms with Gasteiger partial charge in [-0.15, -0.1) is 0 Å². The van der Waals surface area contributed by atoms with Gasteiger partial charge >= 0.3 is 0 Å². The molecule has 2 unspecified atom stereocenters. The van der Waals surface area contributed by atoms with Crippen molar-refractivity contribution in [2.24, 2.45) is 0 Å². The van der Waals surface area contributed by atoms with Crippen LogP contribution in [0, 0.1) is 0 Å². The van der Waals surface area contributed by atoms with Gasteiger partial charge in [-0.2, -0.15) is 0 Å². The first kappa shape index (κ1) is 20.9. The first-order valence-electron chi connectivity index (χ1n) is 9.95. The summed E-state index contributed by atoms with van der Waals surface area (Å²) in [5.41, 5.74) is 0.947. The fourth-order valence-electron chi connectivity index (χ4n) is 3.31. The number of hydrogen-bond donors (Lipinski definition) is 2. The fraction of sp³-hybridized carbons (Fsp3) is 0.476. The molecule has 2 aromatic heterocycles. The van der Waals surface area contributed by atoms with Crippen molar-refractivity contribution in [3.8, 4) is 0 Å². The number of carbonyl (C=O) groups excluding carboxylic acids is 2. The molecule has 2 N–H and O–H groups in total. The van der Waals surface area contributed by atoms with Gasteiger partial charge in [-0.05, 0) is 44.0 Å². The number of furan rings is 1. The Bertz CT molecular complexity index is 782. The van der Waals surface area contributed by atoms with Crippen molar-refractivity contribution in [3.05, 3.63) is 48.0 Å². The summed E-state index contributed by atoms with van der Waals surface area (Å²) in [5.74, 6) is 0.864. The molecule has 8 nitrogen and oxygen atoms in total. The first-order valence-corrected chi connectivity index (χ1v) is 9.95. The molecule has 0 aliphatic carbocycles. The average molecular weight is 400 g/mol. The molecule has 1 fully saturated rings. The Morgan fingerprint density at radius 1 is 1.17 bits per heavy atom. The van der Waals surface area contributed by atoms with Crippen molar-refractivity contribution in [2.45, 2.75) is 45.4 Å². The zero-order valence-electron chi connectivity index (χ0n) is 16.9. The van der Waals surface area contributed by atoms with E-state index in [1.807, 2.05) is 12.1 Å². The molecular formula is C21H28N4O4. The molecule has 8 heteroatoms. The molecule has 2 atom stereocenters. The number of nitrogens with zero attached hydrogens (tertiary/aromatic N) is 2. The molecule has 3 rings (SSSR count). The zero-order valence-corrected chi connectivity index (χ0v) is 16.9. The van der Waals surface area contributed by atoms with E-state index in [0.29, 0.717) is 25.9 Å². The normalized spacial score (nSPS) is 19.0. The Morgan fingerprint density at radius 3 is 2.62 bits per heavy atom. The van der Waals surface area contributed by atoms with E-state index < -0.39 is 0 Å². The van der Waals surface area contributed by atoms with Crippen LogP contribution >= 0.6 is 0 Å². The van der Waals surface area contributed by atoms with Crippen molar-refractivity contribution < 1.29 is 18.7 Å². The molecule has 2 aromatic rings. The van der Waals surface area contributed by atoms with E-state index in [-0.39, 0.29) is 29.8 Å². The standard InChI is InChI=1S/C21H28N4O4/c1-15-13-25(14-16(2)29-15)19-8-7-17(11-23-19)12-24-20(26)6-3-9-22-21(27)18-5-4-10-28-18/h4-5,7-8,10-11,15-16H,3,6,9,12-14H2,1-2H3,(H,22,27)(H,24,26). The second kappa shape index (κ2) is 10.1. The summed E-state index contributed by atoms with van der Waals surface area (Å²) < 4.78 is 10.8. The monoisotopic (exact) mass is 400 g/mol. The number of carbonyl (C=O) groups is 2. The molecule has 1 aliphatic heterocycles. The molecule has 3 heterocycles. The number of pyridine rings is 1. The smallest absolute Gasteiger partial charge is 0.286 e. The third-order valence-corrected chi connectivity index (χ3v) is 4.65. The van der Waals surface area contributed by atoms with Crippen LogP contribution in [-0.4, -0.2) is 48.6 Å². The predicted octanol–water partition coefficient (Wildman–Crippen LogP) is 2.11. The Balaban J connectivity index is 1.35. The third-order valence-electron chi connectivity index (χ3n) is 4.65. The summed E-state index contributed by atoms with van der Waals surface area (Å²) in [5, 5.41) is 5.61. The van der Waals surface area contributed by atoms with Gasteiger partial charge in [0, 0.05) is 38.8 Å². The molecule has 156 valence electrons. The number of rotatable bonds is 8. The average Bonchev–Trinajstić information content (AvgIpc) is 3.24. The Labute approximate surface area is 170 Å². The molecule has 0 spiro atoms. The van der Waals surface area contributed by atoms with Gasteiger partial charge in [0.2, 0.25) is 5.91 Å². The first-order chi connectivity index (χ1) is 14.0.